The zero-order valence-electron chi connectivity index (χ0n) is 6.98. The van der Waals surface area contributed by atoms with E-state index in [-0.39, 0.29) is 0 Å². The summed E-state index contributed by atoms with van der Waals surface area (Å²) in [4.78, 5) is 0. The summed E-state index contributed by atoms with van der Waals surface area (Å²) < 4.78 is 0. The van der Waals surface area contributed by atoms with E-state index in [9.17, 15) is 0 Å². The van der Waals surface area contributed by atoms with E-state index in [1.54, 1.807) is 0 Å². The van der Waals surface area contributed by atoms with Crippen molar-refractivity contribution in [3.05, 3.63) is 12.2 Å². The summed E-state index contributed by atoms with van der Waals surface area (Å²) in [5, 5.41) is 0. The summed E-state index contributed by atoms with van der Waals surface area (Å²) in [7, 11) is 0. The van der Waals surface area contributed by atoms with Crippen molar-refractivity contribution < 1.29 is 0 Å². The van der Waals surface area contributed by atoms with Crippen LogP contribution in [0.2, 0.25) is 0 Å². The van der Waals surface area contributed by atoms with Crippen LogP contribution >= 0.6 is 0 Å². The molecule has 3 N–H and O–H groups in total. The van der Waals surface area contributed by atoms with Gasteiger partial charge in [-0.15, -0.1) is 0 Å². The van der Waals surface area contributed by atoms with Crippen molar-refractivity contribution in [2.45, 2.75) is 26.7 Å². The van der Waals surface area contributed by atoms with Crippen LogP contribution in [0.3, 0.4) is 0 Å². The lowest BCUT2D eigenvalue weighted by molar-refractivity contribution is 0.553. The van der Waals surface area contributed by atoms with E-state index in [4.69, 9.17) is 5.84 Å². The molecule has 1 unspecified atom stereocenters. The summed E-state index contributed by atoms with van der Waals surface area (Å²) in [6, 6.07) is 0. The fraction of sp³-hybridized carbons (Fsp3) is 0.750. The Morgan fingerprint density at radius 2 is 2.30 bits per heavy atom. The van der Waals surface area contributed by atoms with Crippen LogP contribution < -0.4 is 11.3 Å². The van der Waals surface area contributed by atoms with Crippen molar-refractivity contribution in [1.82, 2.24) is 5.43 Å². The fourth-order valence-electron chi connectivity index (χ4n) is 0.757. The van der Waals surface area contributed by atoms with E-state index in [2.05, 4.69) is 25.9 Å². The molecule has 0 aliphatic carbocycles. The van der Waals surface area contributed by atoms with Crippen LogP contribution in [0.15, 0.2) is 12.2 Å². The SMILES string of the molecule is C=C(C)C(C)CCCNN. The van der Waals surface area contributed by atoms with E-state index < -0.39 is 0 Å². The molecule has 0 amide bonds. The van der Waals surface area contributed by atoms with E-state index >= 15 is 0 Å². The molecule has 1 atom stereocenters. The first kappa shape index (κ1) is 9.66. The summed E-state index contributed by atoms with van der Waals surface area (Å²) in [6.07, 6.45) is 2.31. The molecule has 0 saturated heterocycles. The molecular weight excluding hydrogens is 124 g/mol. The van der Waals surface area contributed by atoms with E-state index in [0.29, 0.717) is 5.92 Å². The Morgan fingerprint density at radius 1 is 1.70 bits per heavy atom. The number of hydrogen-bond acceptors (Lipinski definition) is 2. The molecule has 10 heavy (non-hydrogen) atoms. The van der Waals surface area contributed by atoms with Crippen molar-refractivity contribution in [2.75, 3.05) is 6.54 Å². The highest BCUT2D eigenvalue weighted by molar-refractivity contribution is 4.93. The molecule has 0 aliphatic rings. The predicted octanol–water partition coefficient (Wildman–Crippen LogP) is 1.44. The second-order valence-corrected chi connectivity index (χ2v) is 2.84. The second-order valence-electron chi connectivity index (χ2n) is 2.84. The largest absolute Gasteiger partial charge is 0.271 e. The lowest BCUT2D eigenvalue weighted by atomic mass is 9.99. The molecule has 0 aromatic heterocycles. The zero-order chi connectivity index (χ0) is 7.98. The van der Waals surface area contributed by atoms with E-state index in [1.165, 1.54) is 12.0 Å². The molecule has 0 radical (unpaired) electrons. The minimum absolute atomic E-state index is 0.633. The Bertz CT molecular complexity index is 99.4. The van der Waals surface area contributed by atoms with E-state index in [0.717, 1.165) is 13.0 Å². The van der Waals surface area contributed by atoms with Gasteiger partial charge in [0.25, 0.3) is 0 Å². The highest BCUT2D eigenvalue weighted by Crippen LogP contribution is 2.12. The van der Waals surface area contributed by atoms with Crippen molar-refractivity contribution in [3.63, 3.8) is 0 Å². The first-order chi connectivity index (χ1) is 4.68. The molecule has 0 spiro atoms. The maximum absolute atomic E-state index is 5.12. The van der Waals surface area contributed by atoms with Crippen LogP contribution in [0.5, 0.6) is 0 Å². The van der Waals surface area contributed by atoms with Crippen molar-refractivity contribution in [1.29, 1.82) is 0 Å². The average molecular weight is 142 g/mol. The van der Waals surface area contributed by atoms with Gasteiger partial charge in [0.2, 0.25) is 0 Å². The number of hydrazine groups is 1. The number of nitrogens with one attached hydrogen (secondary N) is 1. The molecule has 0 aromatic carbocycles. The highest BCUT2D eigenvalue weighted by atomic mass is 15.2. The normalized spacial score (nSPS) is 13.1. The lowest BCUT2D eigenvalue weighted by Crippen LogP contribution is -2.23. The summed E-state index contributed by atoms with van der Waals surface area (Å²) in [6.45, 7) is 9.05. The molecule has 0 bridgehead atoms. The molecular formula is C8H18N2. The Balaban J connectivity index is 3.21. The molecule has 0 rings (SSSR count). The van der Waals surface area contributed by atoms with E-state index in [1.807, 2.05) is 0 Å². The topological polar surface area (TPSA) is 38.0 Å². The van der Waals surface area contributed by atoms with Gasteiger partial charge in [-0.05, 0) is 25.7 Å². The Morgan fingerprint density at radius 3 is 2.70 bits per heavy atom. The standard InChI is InChI=1S/C8H18N2/c1-7(2)8(3)5-4-6-10-9/h8,10H,1,4-6,9H2,2-3H3. The van der Waals surface area contributed by atoms with Crippen LogP contribution in [0.25, 0.3) is 0 Å². The van der Waals surface area contributed by atoms with Crippen molar-refractivity contribution >= 4 is 0 Å². The Labute approximate surface area is 63.5 Å². The molecule has 0 aromatic rings. The average Bonchev–Trinajstić information content (AvgIpc) is 1.88. The molecule has 60 valence electrons. The minimum Gasteiger partial charge on any atom is -0.271 e. The van der Waals surface area contributed by atoms with Gasteiger partial charge in [0.15, 0.2) is 0 Å². The third-order valence-electron chi connectivity index (χ3n) is 1.80. The van der Waals surface area contributed by atoms with Gasteiger partial charge in [0.1, 0.15) is 0 Å². The first-order valence-electron chi connectivity index (χ1n) is 3.77. The summed E-state index contributed by atoms with van der Waals surface area (Å²) >= 11 is 0. The van der Waals surface area contributed by atoms with Gasteiger partial charge in [0.05, 0.1) is 0 Å². The molecule has 0 aliphatic heterocycles. The maximum Gasteiger partial charge on any atom is 0.00976 e. The van der Waals surface area contributed by atoms with Gasteiger partial charge in [-0.2, -0.15) is 0 Å². The number of hydrogen-bond donors (Lipinski definition) is 2. The molecule has 2 nitrogen and oxygen atoms in total. The van der Waals surface area contributed by atoms with Crippen LogP contribution in [0.1, 0.15) is 26.7 Å². The van der Waals surface area contributed by atoms with Gasteiger partial charge in [-0.1, -0.05) is 19.1 Å². The number of nitrogens with two attached hydrogens (primary N) is 1. The maximum atomic E-state index is 5.12. The van der Waals surface area contributed by atoms with Gasteiger partial charge in [-0.25, -0.2) is 0 Å². The predicted molar refractivity (Wildman–Crippen MR) is 45.4 cm³/mol. The Hall–Kier alpha value is -0.340. The van der Waals surface area contributed by atoms with Gasteiger partial charge < -0.3 is 0 Å². The fourth-order valence-corrected chi connectivity index (χ4v) is 0.757. The third-order valence-corrected chi connectivity index (χ3v) is 1.80. The lowest BCUT2D eigenvalue weighted by Gasteiger charge is -2.09. The van der Waals surface area contributed by atoms with Gasteiger partial charge in [0, 0.05) is 6.54 Å². The quantitative estimate of drug-likeness (QED) is 0.264. The van der Waals surface area contributed by atoms with Crippen molar-refractivity contribution in [2.24, 2.45) is 11.8 Å². The number of allylic oxidation sites excluding steroid dienone is 1. The minimum atomic E-state index is 0.633. The van der Waals surface area contributed by atoms with Crippen LogP contribution in [-0.4, -0.2) is 6.54 Å². The van der Waals surface area contributed by atoms with Gasteiger partial charge in [-0.3, -0.25) is 11.3 Å². The van der Waals surface area contributed by atoms with Crippen LogP contribution in [-0.2, 0) is 0 Å². The first-order valence-corrected chi connectivity index (χ1v) is 3.77. The van der Waals surface area contributed by atoms with Crippen LogP contribution in [0.4, 0.5) is 0 Å². The third kappa shape index (κ3) is 4.53. The zero-order valence-corrected chi connectivity index (χ0v) is 6.98. The smallest absolute Gasteiger partial charge is 0.00976 e. The van der Waals surface area contributed by atoms with Crippen molar-refractivity contribution in [3.8, 4) is 0 Å². The van der Waals surface area contributed by atoms with Gasteiger partial charge >= 0.3 is 0 Å². The molecule has 0 fully saturated rings. The van der Waals surface area contributed by atoms with Crippen LogP contribution in [0, 0.1) is 5.92 Å². The monoisotopic (exact) mass is 142 g/mol. The molecule has 0 saturated carbocycles. The molecule has 0 heterocycles. The number of rotatable bonds is 5. The highest BCUT2D eigenvalue weighted by Gasteiger charge is 2.00. The summed E-state index contributed by atoms with van der Waals surface area (Å²) in [5.74, 6) is 5.75. The second kappa shape index (κ2) is 5.45. The molecule has 2 heteroatoms. The summed E-state index contributed by atoms with van der Waals surface area (Å²) in [5.41, 5.74) is 3.89. The Kier molecular flexibility index (Phi) is 5.26.